The molecule has 5 amide bonds. The van der Waals surface area contributed by atoms with Crippen molar-refractivity contribution in [1.82, 2.24) is 25.5 Å². The summed E-state index contributed by atoms with van der Waals surface area (Å²) in [6.45, 7) is 4.55. The van der Waals surface area contributed by atoms with E-state index >= 15 is 4.39 Å². The van der Waals surface area contributed by atoms with Gasteiger partial charge in [0.1, 0.15) is 23.3 Å². The Morgan fingerprint density at radius 3 is 2.39 bits per heavy atom. The molecule has 0 radical (unpaired) electrons. The van der Waals surface area contributed by atoms with Gasteiger partial charge in [-0.25, -0.2) is 9.37 Å². The number of aliphatic hydroxyl groups is 1. The van der Waals surface area contributed by atoms with Gasteiger partial charge in [0.15, 0.2) is 5.82 Å². The zero-order valence-electron chi connectivity index (χ0n) is 38.2. The Kier molecular flexibility index (Phi) is 12.7. The zero-order valence-corrected chi connectivity index (χ0v) is 38.2. The monoisotopic (exact) mass is 907 g/mol. The van der Waals surface area contributed by atoms with Gasteiger partial charge < -0.3 is 40.1 Å². The van der Waals surface area contributed by atoms with Gasteiger partial charge in [-0.3, -0.25) is 29.3 Å². The molecule has 66 heavy (non-hydrogen) atoms. The minimum Gasteiger partial charge on any atom is -0.495 e. The second-order valence-corrected chi connectivity index (χ2v) is 19.5. The van der Waals surface area contributed by atoms with Crippen LogP contribution in [0.4, 0.5) is 33.2 Å². The number of benzene rings is 2. The number of likely N-dealkylation sites (N-methyl/N-ethyl adjacent to an activating group) is 1. The fourth-order valence-corrected chi connectivity index (χ4v) is 11.6. The average molecular weight is 908 g/mol. The largest absolute Gasteiger partial charge is 0.495 e. The van der Waals surface area contributed by atoms with Gasteiger partial charge in [0.05, 0.1) is 24.9 Å². The highest BCUT2D eigenvalue weighted by molar-refractivity contribution is 6.04. The normalized spacial score (nSPS) is 23.1. The Labute approximate surface area is 385 Å². The van der Waals surface area contributed by atoms with Crippen molar-refractivity contribution in [1.29, 1.82) is 0 Å². The lowest BCUT2D eigenvalue weighted by Gasteiger charge is -2.56. The molecule has 4 aliphatic heterocycles. The number of nitrogens with one attached hydrogen (secondary N) is 3. The third kappa shape index (κ3) is 8.66. The molecule has 352 valence electrons. The molecule has 2 atom stereocenters. The number of halogens is 1. The van der Waals surface area contributed by atoms with E-state index < -0.39 is 23.2 Å². The van der Waals surface area contributed by atoms with Crippen LogP contribution in [0.25, 0.3) is 0 Å². The number of amides is 5. The molecule has 1 aromatic heterocycles. The summed E-state index contributed by atoms with van der Waals surface area (Å²) < 4.78 is 21.0. The molecular formula is C49H62FN9O7. The average Bonchev–Trinajstić information content (AvgIpc) is 3.85. The summed E-state index contributed by atoms with van der Waals surface area (Å²) in [5, 5.41) is 19.1. The Bertz CT molecular complexity index is 2370. The summed E-state index contributed by atoms with van der Waals surface area (Å²) in [7, 11) is 3.32. The molecule has 2 saturated carbocycles. The first-order chi connectivity index (χ1) is 31.8. The minimum atomic E-state index is -0.684. The van der Waals surface area contributed by atoms with E-state index in [1.54, 1.807) is 49.5 Å². The molecule has 6 aliphatic rings. The van der Waals surface area contributed by atoms with Crippen molar-refractivity contribution in [3.63, 3.8) is 0 Å². The summed E-state index contributed by atoms with van der Waals surface area (Å²) in [6, 6.07) is 10.1. The van der Waals surface area contributed by atoms with Gasteiger partial charge in [-0.2, -0.15) is 4.98 Å². The molecule has 2 aliphatic carbocycles. The molecule has 1 spiro atoms. The molecule has 4 N–H and O–H groups in total. The topological polar surface area (TPSA) is 190 Å². The Morgan fingerprint density at radius 1 is 0.985 bits per heavy atom. The van der Waals surface area contributed by atoms with Crippen LogP contribution in [0.2, 0.25) is 0 Å². The van der Waals surface area contributed by atoms with E-state index in [0.717, 1.165) is 44.3 Å². The number of carbonyl (C=O) groups is 5. The van der Waals surface area contributed by atoms with Gasteiger partial charge in [-0.05, 0) is 101 Å². The number of imide groups is 1. The lowest BCUT2D eigenvalue weighted by atomic mass is 9.62. The van der Waals surface area contributed by atoms with Crippen LogP contribution in [-0.4, -0.2) is 114 Å². The van der Waals surface area contributed by atoms with E-state index in [0.29, 0.717) is 105 Å². The first-order valence-electron chi connectivity index (χ1n) is 23.8. The van der Waals surface area contributed by atoms with Crippen molar-refractivity contribution in [2.24, 2.45) is 11.3 Å². The van der Waals surface area contributed by atoms with E-state index in [4.69, 9.17) is 9.72 Å². The number of nitrogens with zero attached hydrogens (tertiary/aromatic N) is 6. The first kappa shape index (κ1) is 45.3. The number of aromatic nitrogens is 2. The van der Waals surface area contributed by atoms with E-state index in [9.17, 15) is 29.1 Å². The molecule has 17 heteroatoms. The second-order valence-electron chi connectivity index (χ2n) is 19.5. The van der Waals surface area contributed by atoms with Crippen LogP contribution < -0.4 is 35.4 Å². The summed E-state index contributed by atoms with van der Waals surface area (Å²) in [4.78, 5) is 82.3. The standard InChI is InChI=1S/C49H62FN9O7/c1-4-38-46(65)56(2)39-27-51-47(54-42(39)59(38)32-7-5-6-8-32)52-37-13-9-31(25-40(37)66-3)43(62)55-49(21-24-60)19-17-48(18-20-49)28-58(29-48)45(64)30-15-22-57(23-16-30)33-10-11-34(36(50)26-33)35-12-14-41(61)53-44(35)63/h9-11,13,25-27,30,32,35,38,60H,4-8,12,14-24,28-29H2,1-3H3,(H,55,62)(H,51,52,54)(H,53,61,63)/t35?,38-/m1/s1. The van der Waals surface area contributed by atoms with Gasteiger partial charge in [0, 0.05) is 86.0 Å². The van der Waals surface area contributed by atoms with Crippen molar-refractivity contribution in [2.45, 2.75) is 120 Å². The molecule has 9 rings (SSSR count). The van der Waals surface area contributed by atoms with Crippen LogP contribution in [0, 0.1) is 17.2 Å². The van der Waals surface area contributed by atoms with Gasteiger partial charge in [-0.15, -0.1) is 0 Å². The third-order valence-electron chi connectivity index (χ3n) is 15.5. The maximum Gasteiger partial charge on any atom is 0.251 e. The number of piperidine rings is 2. The highest BCUT2D eigenvalue weighted by Crippen LogP contribution is 2.49. The molecule has 3 saturated heterocycles. The number of methoxy groups -OCH3 is 1. The fourth-order valence-electron chi connectivity index (χ4n) is 11.6. The number of fused-ring (bicyclic) bond motifs is 1. The van der Waals surface area contributed by atoms with Crippen LogP contribution in [0.3, 0.4) is 0 Å². The first-order valence-corrected chi connectivity index (χ1v) is 23.8. The van der Waals surface area contributed by atoms with E-state index in [1.807, 2.05) is 17.9 Å². The van der Waals surface area contributed by atoms with Gasteiger partial charge in [0.25, 0.3) is 5.91 Å². The Morgan fingerprint density at radius 2 is 1.73 bits per heavy atom. The van der Waals surface area contributed by atoms with Crippen molar-refractivity contribution >= 4 is 58.4 Å². The Hall–Kier alpha value is -5.84. The lowest BCUT2D eigenvalue weighted by molar-refractivity contribution is -0.152. The number of rotatable bonds is 12. The number of carbonyl (C=O) groups excluding carboxylic acids is 5. The molecule has 16 nitrogen and oxygen atoms in total. The zero-order chi connectivity index (χ0) is 46.3. The minimum absolute atomic E-state index is 0.0202. The number of ether oxygens (including phenoxy) is 1. The van der Waals surface area contributed by atoms with E-state index in [-0.39, 0.29) is 66.5 Å². The number of likely N-dealkylation sites (tertiary alicyclic amines) is 1. The van der Waals surface area contributed by atoms with Crippen LogP contribution in [0.1, 0.15) is 119 Å². The van der Waals surface area contributed by atoms with Gasteiger partial charge >= 0.3 is 0 Å². The molecule has 5 heterocycles. The molecular weight excluding hydrogens is 846 g/mol. The quantitative estimate of drug-likeness (QED) is 0.166. The third-order valence-corrected chi connectivity index (χ3v) is 15.5. The fraction of sp³-hybridized carbons (Fsp3) is 0.571. The number of anilines is 5. The molecule has 5 fully saturated rings. The van der Waals surface area contributed by atoms with Crippen LogP contribution in [0.15, 0.2) is 42.6 Å². The Balaban J connectivity index is 0.784. The SMILES string of the molecule is CC[C@@H]1C(=O)N(C)c2cnc(Nc3ccc(C(=O)NC4(CCO)CCC5(CC4)CN(C(=O)C4CCN(c6ccc(C7CCC(=O)NC7=O)c(F)c6)CC4)C5)cc3OC)nc2N1C1CCCC1. The van der Waals surface area contributed by atoms with E-state index in [2.05, 4.69) is 30.7 Å². The second kappa shape index (κ2) is 18.4. The molecule has 0 bridgehead atoms. The smallest absolute Gasteiger partial charge is 0.251 e. The predicted molar refractivity (Wildman–Crippen MR) is 246 cm³/mol. The van der Waals surface area contributed by atoms with Gasteiger partial charge in [0.2, 0.25) is 29.6 Å². The molecule has 3 aromatic rings. The van der Waals surface area contributed by atoms with Gasteiger partial charge in [-0.1, -0.05) is 25.8 Å². The molecule has 2 aromatic carbocycles. The van der Waals surface area contributed by atoms with E-state index in [1.165, 1.54) is 6.07 Å². The highest BCUT2D eigenvalue weighted by Gasteiger charge is 2.51. The van der Waals surface area contributed by atoms with Crippen molar-refractivity contribution < 1.29 is 38.2 Å². The molecule has 1 unspecified atom stereocenters. The predicted octanol–water partition coefficient (Wildman–Crippen LogP) is 5.56. The number of hydrogen-bond donors (Lipinski definition) is 4. The summed E-state index contributed by atoms with van der Waals surface area (Å²) in [6.07, 6.45) is 11.9. The highest BCUT2D eigenvalue weighted by atomic mass is 19.1. The van der Waals surface area contributed by atoms with Crippen molar-refractivity contribution in [2.75, 3.05) is 67.0 Å². The van der Waals surface area contributed by atoms with Crippen molar-refractivity contribution in [3.05, 3.63) is 59.5 Å². The van der Waals surface area contributed by atoms with Crippen LogP contribution in [-0.2, 0) is 19.2 Å². The van der Waals surface area contributed by atoms with Crippen LogP contribution in [0.5, 0.6) is 5.75 Å². The maximum atomic E-state index is 15.2. The van der Waals surface area contributed by atoms with Crippen LogP contribution >= 0.6 is 0 Å². The number of aliphatic hydroxyl groups excluding tert-OH is 1. The maximum absolute atomic E-state index is 15.2. The summed E-state index contributed by atoms with van der Waals surface area (Å²) in [5.41, 5.74) is 2.08. The summed E-state index contributed by atoms with van der Waals surface area (Å²) in [5.74, 6) is -0.581. The summed E-state index contributed by atoms with van der Waals surface area (Å²) >= 11 is 0. The van der Waals surface area contributed by atoms with Crippen molar-refractivity contribution in [3.8, 4) is 5.75 Å². The lowest BCUT2D eigenvalue weighted by Crippen LogP contribution is -2.64. The number of hydrogen-bond acceptors (Lipinski definition) is 12.